The van der Waals surface area contributed by atoms with Crippen molar-refractivity contribution in [3.8, 4) is 0 Å². The van der Waals surface area contributed by atoms with Crippen molar-refractivity contribution in [2.45, 2.75) is 85.1 Å². The minimum atomic E-state index is -1.16. The number of aliphatic hydroxyl groups excluding tert-OH is 1. The fourth-order valence-corrected chi connectivity index (χ4v) is 3.31. The summed E-state index contributed by atoms with van der Waals surface area (Å²) in [6.45, 7) is 13.6. The van der Waals surface area contributed by atoms with Gasteiger partial charge in [-0.25, -0.2) is 13.6 Å². The molecule has 0 saturated carbocycles. The predicted octanol–water partition coefficient (Wildman–Crippen LogP) is 3.54. The van der Waals surface area contributed by atoms with Crippen LogP contribution in [0.25, 0.3) is 0 Å². The number of aliphatic hydroxyl groups is 1. The summed E-state index contributed by atoms with van der Waals surface area (Å²) in [5.74, 6) is -1.15. The third kappa shape index (κ3) is 12.3. The lowest BCUT2D eigenvalue weighted by molar-refractivity contribution is -0.123. The van der Waals surface area contributed by atoms with Crippen LogP contribution in [0, 0.1) is 23.5 Å². The number of carbonyl (C=O) groups is 2. The third-order valence-corrected chi connectivity index (χ3v) is 4.83. The van der Waals surface area contributed by atoms with Gasteiger partial charge in [-0.3, -0.25) is 4.79 Å². The van der Waals surface area contributed by atoms with E-state index in [0.717, 1.165) is 18.2 Å². The number of rotatable bonds is 12. The van der Waals surface area contributed by atoms with Crippen LogP contribution >= 0.6 is 0 Å². The van der Waals surface area contributed by atoms with Crippen LogP contribution in [0.5, 0.6) is 0 Å². The normalized spacial score (nSPS) is 14.6. The van der Waals surface area contributed by atoms with Gasteiger partial charge in [0.1, 0.15) is 17.2 Å². The highest BCUT2D eigenvalue weighted by molar-refractivity contribution is 5.81. The summed E-state index contributed by atoms with van der Waals surface area (Å²) in [6.07, 6.45) is -1.41. The van der Waals surface area contributed by atoms with Crippen molar-refractivity contribution in [2.75, 3.05) is 13.1 Å². The van der Waals surface area contributed by atoms with Gasteiger partial charge in [-0.15, -0.1) is 0 Å². The fourth-order valence-electron chi connectivity index (χ4n) is 3.31. The summed E-state index contributed by atoms with van der Waals surface area (Å²) in [4.78, 5) is 25.0. The molecular formula is C25H41F2N3O4. The van der Waals surface area contributed by atoms with Gasteiger partial charge in [0.15, 0.2) is 0 Å². The molecule has 0 aliphatic carbocycles. The quantitative estimate of drug-likeness (QED) is 0.363. The van der Waals surface area contributed by atoms with E-state index < -0.39 is 41.5 Å². The van der Waals surface area contributed by atoms with Gasteiger partial charge < -0.3 is 25.8 Å². The van der Waals surface area contributed by atoms with E-state index in [0.29, 0.717) is 18.9 Å². The number of benzene rings is 1. The minimum Gasteiger partial charge on any atom is -0.444 e. The number of carbonyl (C=O) groups excluding carboxylic acids is 2. The molecule has 0 spiro atoms. The van der Waals surface area contributed by atoms with Crippen molar-refractivity contribution in [3.05, 3.63) is 35.4 Å². The maximum atomic E-state index is 13.7. The molecule has 194 valence electrons. The second kappa shape index (κ2) is 13.6. The molecule has 0 unspecified atom stereocenters. The Bertz CT molecular complexity index is 777. The van der Waals surface area contributed by atoms with E-state index in [1.807, 2.05) is 27.7 Å². The van der Waals surface area contributed by atoms with Crippen LogP contribution in [0.4, 0.5) is 13.6 Å². The van der Waals surface area contributed by atoms with E-state index in [9.17, 15) is 23.5 Å². The van der Waals surface area contributed by atoms with Crippen molar-refractivity contribution in [1.29, 1.82) is 0 Å². The van der Waals surface area contributed by atoms with E-state index in [1.54, 1.807) is 20.8 Å². The van der Waals surface area contributed by atoms with Crippen molar-refractivity contribution in [3.63, 3.8) is 0 Å². The van der Waals surface area contributed by atoms with Gasteiger partial charge in [0.05, 0.1) is 18.2 Å². The molecule has 2 amide bonds. The Morgan fingerprint density at radius 2 is 1.59 bits per heavy atom. The monoisotopic (exact) mass is 485 g/mol. The summed E-state index contributed by atoms with van der Waals surface area (Å²) in [5, 5.41) is 19.5. The standard InChI is InChI=1S/C25H41F2N3O4/c1-15(2)8-21(23(32)29-13-16(3)4)28-14-22(31)20(30-24(33)34-25(5,6)7)11-17-9-18(26)12-19(27)10-17/h9-10,12,15-16,20-22,28,31H,8,11,13-14H2,1-7H3,(H,29,32)(H,30,33)/t20-,21-,22+/m0/s1. The van der Waals surface area contributed by atoms with E-state index in [4.69, 9.17) is 4.74 Å². The summed E-state index contributed by atoms with van der Waals surface area (Å²) < 4.78 is 32.7. The van der Waals surface area contributed by atoms with E-state index in [1.165, 1.54) is 0 Å². The molecule has 7 nitrogen and oxygen atoms in total. The van der Waals surface area contributed by atoms with Gasteiger partial charge >= 0.3 is 6.09 Å². The van der Waals surface area contributed by atoms with Crippen LogP contribution in [0.1, 0.15) is 60.5 Å². The highest BCUT2D eigenvalue weighted by Gasteiger charge is 2.27. The maximum Gasteiger partial charge on any atom is 0.407 e. The molecule has 0 aromatic heterocycles. The first kappa shape index (κ1) is 29.8. The second-order valence-corrected chi connectivity index (χ2v) is 10.5. The zero-order chi connectivity index (χ0) is 26.1. The average molecular weight is 486 g/mol. The third-order valence-electron chi connectivity index (χ3n) is 4.83. The number of hydrogen-bond donors (Lipinski definition) is 4. The molecule has 1 aromatic rings. The summed E-state index contributed by atoms with van der Waals surface area (Å²) in [7, 11) is 0. The second-order valence-electron chi connectivity index (χ2n) is 10.5. The molecule has 1 aromatic carbocycles. The highest BCUT2D eigenvalue weighted by Crippen LogP contribution is 2.14. The van der Waals surface area contributed by atoms with Crippen molar-refractivity contribution in [2.24, 2.45) is 11.8 Å². The Kier molecular flexibility index (Phi) is 11.9. The summed E-state index contributed by atoms with van der Waals surface area (Å²) in [5.41, 5.74) is -0.495. The molecular weight excluding hydrogens is 444 g/mol. The van der Waals surface area contributed by atoms with Gasteiger partial charge in [0.2, 0.25) is 5.91 Å². The van der Waals surface area contributed by atoms with Crippen molar-refractivity contribution in [1.82, 2.24) is 16.0 Å². The van der Waals surface area contributed by atoms with Gasteiger partial charge in [-0.1, -0.05) is 27.7 Å². The number of ether oxygens (including phenoxy) is 1. The highest BCUT2D eigenvalue weighted by atomic mass is 19.1. The molecule has 0 fully saturated rings. The van der Waals surface area contributed by atoms with Gasteiger partial charge in [-0.2, -0.15) is 0 Å². The first-order chi connectivity index (χ1) is 15.7. The Labute approximate surface area is 202 Å². The summed E-state index contributed by atoms with van der Waals surface area (Å²) in [6, 6.07) is 1.59. The summed E-state index contributed by atoms with van der Waals surface area (Å²) >= 11 is 0. The smallest absolute Gasteiger partial charge is 0.407 e. The molecule has 3 atom stereocenters. The molecule has 0 heterocycles. The molecule has 1 rings (SSSR count). The van der Waals surface area contributed by atoms with E-state index in [-0.39, 0.29) is 30.4 Å². The molecule has 4 N–H and O–H groups in total. The molecule has 0 saturated heterocycles. The Balaban J connectivity index is 2.97. The first-order valence-corrected chi connectivity index (χ1v) is 11.8. The van der Waals surface area contributed by atoms with Gasteiger partial charge in [0, 0.05) is 19.2 Å². The zero-order valence-corrected chi connectivity index (χ0v) is 21.4. The van der Waals surface area contributed by atoms with Crippen LogP contribution in [0.2, 0.25) is 0 Å². The topological polar surface area (TPSA) is 99.7 Å². The number of hydrogen-bond acceptors (Lipinski definition) is 5. The van der Waals surface area contributed by atoms with Gasteiger partial charge in [0.25, 0.3) is 0 Å². The molecule has 0 aliphatic heterocycles. The number of amides is 2. The molecule has 0 radical (unpaired) electrons. The average Bonchev–Trinajstić information content (AvgIpc) is 2.65. The largest absolute Gasteiger partial charge is 0.444 e. The van der Waals surface area contributed by atoms with Crippen LogP contribution in [0.3, 0.4) is 0 Å². The molecule has 0 bridgehead atoms. The zero-order valence-electron chi connectivity index (χ0n) is 21.4. The van der Waals surface area contributed by atoms with Crippen LogP contribution < -0.4 is 16.0 Å². The number of nitrogens with one attached hydrogen (secondary N) is 3. The SMILES string of the molecule is CC(C)CNC(=O)[C@H](CC(C)C)NC[C@@H](O)[C@H](Cc1cc(F)cc(F)c1)NC(=O)OC(C)(C)C. The van der Waals surface area contributed by atoms with E-state index in [2.05, 4.69) is 16.0 Å². The minimum absolute atomic E-state index is 0.0231. The van der Waals surface area contributed by atoms with E-state index >= 15 is 0 Å². The van der Waals surface area contributed by atoms with Crippen LogP contribution in [0.15, 0.2) is 18.2 Å². The lowest BCUT2D eigenvalue weighted by Crippen LogP contribution is -2.53. The molecule has 0 aliphatic rings. The van der Waals surface area contributed by atoms with Crippen molar-refractivity contribution < 1.29 is 28.2 Å². The molecule has 9 heteroatoms. The lowest BCUT2D eigenvalue weighted by atomic mass is 9.99. The van der Waals surface area contributed by atoms with Gasteiger partial charge in [-0.05, 0) is 63.1 Å². The Morgan fingerprint density at radius 1 is 1.00 bits per heavy atom. The molecule has 34 heavy (non-hydrogen) atoms. The Morgan fingerprint density at radius 3 is 2.09 bits per heavy atom. The fraction of sp³-hybridized carbons (Fsp3) is 0.680. The first-order valence-electron chi connectivity index (χ1n) is 11.8. The predicted molar refractivity (Wildman–Crippen MR) is 128 cm³/mol. The van der Waals surface area contributed by atoms with Crippen molar-refractivity contribution >= 4 is 12.0 Å². The lowest BCUT2D eigenvalue weighted by Gasteiger charge is -2.28. The number of alkyl carbamates (subject to hydrolysis) is 1. The maximum absolute atomic E-state index is 13.7. The Hall–Kier alpha value is -2.26. The number of halogens is 2. The van der Waals surface area contributed by atoms with Crippen LogP contribution in [-0.2, 0) is 16.0 Å². The van der Waals surface area contributed by atoms with Crippen LogP contribution in [-0.4, -0.2) is 54.0 Å².